The second kappa shape index (κ2) is 11.2. The lowest BCUT2D eigenvalue weighted by Crippen LogP contribution is -2.54. The first-order valence-electron chi connectivity index (χ1n) is 11.7. The number of hydrogen-bond acceptors (Lipinski definition) is 11. The van der Waals surface area contributed by atoms with Crippen molar-refractivity contribution >= 4 is 40.5 Å². The summed E-state index contributed by atoms with van der Waals surface area (Å²) in [5, 5.41) is 20.6. The number of halogens is 5. The Kier molecular flexibility index (Phi) is 8.26. The molecule has 1 fully saturated rings. The van der Waals surface area contributed by atoms with E-state index in [-0.39, 0.29) is 34.4 Å². The van der Waals surface area contributed by atoms with Crippen LogP contribution < -0.4 is 10.5 Å². The smallest absolute Gasteiger partial charge is 0.479 e. The normalized spacial score (nSPS) is 22.4. The number of carbonyl (C=O) groups excluding carboxylic acids is 1. The average molecular weight is 608 g/mol. The molecule has 0 amide bonds. The van der Waals surface area contributed by atoms with Crippen LogP contribution in [0, 0.1) is 0 Å². The Morgan fingerprint density at radius 3 is 2.56 bits per heavy atom. The van der Waals surface area contributed by atoms with Gasteiger partial charge in [0.15, 0.2) is 11.5 Å². The highest BCUT2D eigenvalue weighted by atomic mass is 35.5. The Balaban J connectivity index is 1.58. The van der Waals surface area contributed by atoms with E-state index in [0.29, 0.717) is 0 Å². The van der Waals surface area contributed by atoms with E-state index in [1.54, 1.807) is 0 Å². The van der Waals surface area contributed by atoms with Crippen molar-refractivity contribution in [1.29, 1.82) is 0 Å². The second-order valence-corrected chi connectivity index (χ2v) is 9.15. The van der Waals surface area contributed by atoms with E-state index < -0.39 is 67.3 Å². The van der Waals surface area contributed by atoms with Gasteiger partial charge in [0.1, 0.15) is 30.1 Å². The number of aromatic nitrogens is 4. The van der Waals surface area contributed by atoms with E-state index in [9.17, 15) is 33.0 Å². The third-order valence-electron chi connectivity index (χ3n) is 6.16. The van der Waals surface area contributed by atoms with Gasteiger partial charge in [0.25, 0.3) is 5.60 Å². The number of imidazole rings is 1. The van der Waals surface area contributed by atoms with Gasteiger partial charge in [-0.15, -0.1) is 13.2 Å². The largest absolute Gasteiger partial charge is 0.573 e. The molecule has 1 aromatic carbocycles. The highest BCUT2D eigenvalue weighted by Gasteiger charge is 2.55. The van der Waals surface area contributed by atoms with Gasteiger partial charge in [-0.1, -0.05) is 12.1 Å². The highest BCUT2D eigenvalue weighted by molar-refractivity contribution is 6.28. The number of alkyl halides is 4. The van der Waals surface area contributed by atoms with E-state index in [0.717, 1.165) is 35.2 Å². The van der Waals surface area contributed by atoms with Crippen molar-refractivity contribution in [3.05, 3.63) is 41.4 Å². The molecular weight excluding hydrogens is 586 g/mol. The minimum absolute atomic E-state index is 0.00261. The van der Waals surface area contributed by atoms with Crippen molar-refractivity contribution in [3.63, 3.8) is 0 Å². The van der Waals surface area contributed by atoms with E-state index in [1.165, 1.54) is 6.92 Å². The molecule has 1 aliphatic rings. The van der Waals surface area contributed by atoms with Crippen LogP contribution in [0.15, 0.2) is 30.6 Å². The van der Waals surface area contributed by atoms with Crippen molar-refractivity contribution < 1.29 is 56.3 Å². The van der Waals surface area contributed by atoms with Crippen LogP contribution >= 0.6 is 11.6 Å². The molecule has 41 heavy (non-hydrogen) atoms. The maximum atomic E-state index is 16.1. The fourth-order valence-corrected chi connectivity index (χ4v) is 4.35. The lowest BCUT2D eigenvalue weighted by Gasteiger charge is -2.30. The summed E-state index contributed by atoms with van der Waals surface area (Å²) in [6.45, 7) is -0.424. The van der Waals surface area contributed by atoms with Gasteiger partial charge in [-0.05, 0) is 36.2 Å². The first-order valence-corrected chi connectivity index (χ1v) is 12.1. The Hall–Kier alpha value is -3.80. The Bertz CT molecular complexity index is 1440. The zero-order valence-electron chi connectivity index (χ0n) is 21.0. The summed E-state index contributed by atoms with van der Waals surface area (Å²) in [6, 6.07) is 4.02. The van der Waals surface area contributed by atoms with Crippen LogP contribution in [0.5, 0.6) is 5.75 Å². The van der Waals surface area contributed by atoms with Gasteiger partial charge in [-0.25, -0.2) is 19.0 Å². The van der Waals surface area contributed by atoms with Crippen molar-refractivity contribution in [1.82, 2.24) is 19.5 Å². The number of nitrogens with two attached hydrogens (primary N) is 1. The zero-order valence-corrected chi connectivity index (χ0v) is 21.7. The Morgan fingerprint density at radius 1 is 1.27 bits per heavy atom. The highest BCUT2D eigenvalue weighted by Crippen LogP contribution is 2.37. The molecule has 2 aromatic heterocycles. The molecule has 1 aliphatic heterocycles. The number of benzene rings is 1. The van der Waals surface area contributed by atoms with Gasteiger partial charge in [-0.2, -0.15) is 9.97 Å². The lowest BCUT2D eigenvalue weighted by atomic mass is 9.93. The summed E-state index contributed by atoms with van der Waals surface area (Å²) in [5.41, 5.74) is 2.90. The lowest BCUT2D eigenvalue weighted by molar-refractivity contribution is -0.274. The summed E-state index contributed by atoms with van der Waals surface area (Å²) in [6.07, 6.45) is -8.18. The number of fused-ring (bicyclic) bond motifs is 1. The number of nitrogens with zero attached hydrogens (tertiary/aromatic N) is 4. The fourth-order valence-electron chi connectivity index (χ4n) is 4.18. The third-order valence-corrected chi connectivity index (χ3v) is 6.33. The van der Waals surface area contributed by atoms with Gasteiger partial charge in [0, 0.05) is 6.42 Å². The molecule has 4 rings (SSSR count). The van der Waals surface area contributed by atoms with Crippen LogP contribution in [0.25, 0.3) is 11.2 Å². The minimum atomic E-state index is -4.96. The summed E-state index contributed by atoms with van der Waals surface area (Å²) in [7, 11) is 0. The molecule has 222 valence electrons. The standard InChI is InChI=1S/C23H22ClF4N5O8/c1-2-38-19(37)21(18(35)36,7-11-3-5-12(6-4-11)41-23(26,27)28)40-8-13-15(34)22(25,9-39-13)33-10-30-14-16(29)31-20(24)32-17(14)33/h3-6,10,13,15,34H,2,7-9H2,1H3,(H,35,36)(H2,29,31,32)/t13-,15-,21?,22+/m1/s1. The Morgan fingerprint density at radius 2 is 1.95 bits per heavy atom. The predicted molar refractivity (Wildman–Crippen MR) is 129 cm³/mol. The first-order chi connectivity index (χ1) is 19.2. The number of aliphatic hydroxyl groups is 1. The van der Waals surface area contributed by atoms with Crippen LogP contribution in [0.2, 0.25) is 5.28 Å². The molecule has 4 atom stereocenters. The summed E-state index contributed by atoms with van der Waals surface area (Å²) in [5.74, 6) is -6.58. The van der Waals surface area contributed by atoms with E-state index in [1.807, 2.05) is 0 Å². The van der Waals surface area contributed by atoms with Crippen molar-refractivity contribution in [2.75, 3.05) is 25.6 Å². The molecule has 18 heteroatoms. The fraction of sp³-hybridized carbons (Fsp3) is 0.435. The summed E-state index contributed by atoms with van der Waals surface area (Å²) >= 11 is 5.82. The molecule has 13 nitrogen and oxygen atoms in total. The molecule has 0 radical (unpaired) electrons. The van der Waals surface area contributed by atoms with Crippen LogP contribution in [0.1, 0.15) is 12.5 Å². The monoisotopic (exact) mass is 607 g/mol. The second-order valence-electron chi connectivity index (χ2n) is 8.81. The number of carboxylic acids is 1. The topological polar surface area (TPSA) is 181 Å². The van der Waals surface area contributed by atoms with Gasteiger partial charge in [-0.3, -0.25) is 4.57 Å². The van der Waals surface area contributed by atoms with E-state index in [2.05, 4.69) is 19.7 Å². The number of rotatable bonds is 10. The molecule has 4 N–H and O–H groups in total. The first kappa shape index (κ1) is 30.2. The predicted octanol–water partition coefficient (Wildman–Crippen LogP) is 1.99. The van der Waals surface area contributed by atoms with Gasteiger partial charge >= 0.3 is 18.3 Å². The molecule has 1 saturated heterocycles. The van der Waals surface area contributed by atoms with Crippen LogP contribution in [-0.4, -0.2) is 85.7 Å². The molecule has 3 aromatic rings. The van der Waals surface area contributed by atoms with Gasteiger partial charge in [0.05, 0.1) is 19.5 Å². The number of carbonyl (C=O) groups is 2. The number of hydrogen-bond donors (Lipinski definition) is 3. The number of aliphatic hydroxyl groups excluding tert-OH is 1. The number of ether oxygens (including phenoxy) is 4. The maximum absolute atomic E-state index is 16.1. The van der Waals surface area contributed by atoms with Crippen molar-refractivity contribution in [3.8, 4) is 5.75 Å². The average Bonchev–Trinajstić information content (AvgIpc) is 3.44. The molecule has 0 saturated carbocycles. The molecule has 3 heterocycles. The summed E-state index contributed by atoms with van der Waals surface area (Å²) in [4.78, 5) is 36.8. The number of esters is 1. The molecule has 0 aliphatic carbocycles. The number of nitrogen functional groups attached to an aromatic ring is 1. The quantitative estimate of drug-likeness (QED) is 0.132. The minimum Gasteiger partial charge on any atom is -0.479 e. The Labute approximate surface area is 232 Å². The van der Waals surface area contributed by atoms with Crippen LogP contribution in [0.3, 0.4) is 0 Å². The SMILES string of the molecule is CCOC(=O)C(Cc1ccc(OC(F)(F)F)cc1)(OC[C@H]1OC[C@](F)(n2cnc3c(N)nc(Cl)nc32)[C@@H]1O)C(=O)O. The van der Waals surface area contributed by atoms with Crippen molar-refractivity contribution in [2.45, 2.75) is 43.3 Å². The summed E-state index contributed by atoms with van der Waals surface area (Å²) < 4.78 is 73.9. The zero-order chi connectivity index (χ0) is 30.2. The van der Waals surface area contributed by atoms with Crippen molar-refractivity contribution in [2.24, 2.45) is 0 Å². The molecule has 0 spiro atoms. The van der Waals surface area contributed by atoms with E-state index in [4.69, 9.17) is 31.5 Å². The van der Waals surface area contributed by atoms with Gasteiger partial charge < -0.3 is 34.9 Å². The van der Waals surface area contributed by atoms with Crippen LogP contribution in [-0.2, 0) is 36.0 Å². The van der Waals surface area contributed by atoms with E-state index >= 15 is 4.39 Å². The number of aliphatic carboxylic acids is 1. The number of anilines is 1. The molecule has 1 unspecified atom stereocenters. The van der Waals surface area contributed by atoms with Crippen LogP contribution in [0.4, 0.5) is 23.4 Å². The number of carboxylic acid groups (broad SMARTS) is 1. The third kappa shape index (κ3) is 5.97. The molecular formula is C23H22ClF4N5O8. The maximum Gasteiger partial charge on any atom is 0.573 e. The van der Waals surface area contributed by atoms with Gasteiger partial charge in [0.2, 0.25) is 11.1 Å². The molecule has 0 bridgehead atoms.